The minimum absolute atomic E-state index is 0.0334. The molecule has 0 spiro atoms. The fourth-order valence-corrected chi connectivity index (χ4v) is 3.47. The van der Waals surface area contributed by atoms with Gasteiger partial charge in [0, 0.05) is 18.0 Å². The molecule has 0 atom stereocenters. The molecule has 0 aliphatic heterocycles. The highest BCUT2D eigenvalue weighted by Crippen LogP contribution is 2.29. The Bertz CT molecular complexity index is 813. The van der Waals surface area contributed by atoms with Crippen molar-refractivity contribution in [1.29, 1.82) is 0 Å². The highest BCUT2D eigenvalue weighted by Gasteiger charge is 2.21. The van der Waals surface area contributed by atoms with Crippen LogP contribution in [0.4, 0.5) is 0 Å². The molecular weight excluding hydrogens is 335 g/mol. The SMILES string of the molecule is Cc1cnn(Cc2c(S(C)(=O)=O)ccc(C(=O)Cl)c2Cl)c1. The second-order valence-corrected chi connectivity index (χ2v) is 7.37. The molecule has 0 saturated heterocycles. The Morgan fingerprint density at radius 3 is 2.52 bits per heavy atom. The van der Waals surface area contributed by atoms with Crippen LogP contribution < -0.4 is 0 Å². The van der Waals surface area contributed by atoms with Gasteiger partial charge in [0.2, 0.25) is 0 Å². The van der Waals surface area contributed by atoms with Crippen molar-refractivity contribution in [3.63, 3.8) is 0 Å². The van der Waals surface area contributed by atoms with Crippen LogP contribution >= 0.6 is 23.2 Å². The van der Waals surface area contributed by atoms with Gasteiger partial charge in [0.25, 0.3) is 5.24 Å². The van der Waals surface area contributed by atoms with Crippen molar-refractivity contribution in [1.82, 2.24) is 9.78 Å². The van der Waals surface area contributed by atoms with E-state index in [0.717, 1.165) is 11.8 Å². The Morgan fingerprint density at radius 2 is 2.05 bits per heavy atom. The van der Waals surface area contributed by atoms with Crippen LogP contribution in [0.25, 0.3) is 0 Å². The molecule has 0 amide bonds. The zero-order chi connectivity index (χ0) is 15.8. The summed E-state index contributed by atoms with van der Waals surface area (Å²) in [5.74, 6) is 0. The second kappa shape index (κ2) is 5.79. The van der Waals surface area contributed by atoms with Crippen LogP contribution in [-0.2, 0) is 16.4 Å². The fraction of sp³-hybridized carbons (Fsp3) is 0.231. The molecule has 0 radical (unpaired) electrons. The van der Waals surface area contributed by atoms with Gasteiger partial charge in [-0.1, -0.05) is 11.6 Å². The lowest BCUT2D eigenvalue weighted by molar-refractivity contribution is 0.108. The van der Waals surface area contributed by atoms with Gasteiger partial charge in [-0.15, -0.1) is 0 Å². The number of hydrogen-bond acceptors (Lipinski definition) is 4. The van der Waals surface area contributed by atoms with E-state index in [1.165, 1.54) is 12.1 Å². The highest BCUT2D eigenvalue weighted by atomic mass is 35.5. The van der Waals surface area contributed by atoms with Gasteiger partial charge in [-0.3, -0.25) is 9.48 Å². The van der Waals surface area contributed by atoms with Gasteiger partial charge >= 0.3 is 0 Å². The number of rotatable bonds is 4. The summed E-state index contributed by atoms with van der Waals surface area (Å²) in [6, 6.07) is 2.65. The van der Waals surface area contributed by atoms with Crippen LogP contribution in [-0.4, -0.2) is 29.7 Å². The van der Waals surface area contributed by atoms with Gasteiger partial charge in [0.15, 0.2) is 9.84 Å². The monoisotopic (exact) mass is 346 g/mol. The molecule has 0 bridgehead atoms. The van der Waals surface area contributed by atoms with Gasteiger partial charge in [-0.2, -0.15) is 5.10 Å². The zero-order valence-electron chi connectivity index (χ0n) is 11.3. The Hall–Kier alpha value is -1.37. The van der Waals surface area contributed by atoms with E-state index in [2.05, 4.69) is 5.10 Å². The molecule has 2 aromatic rings. The van der Waals surface area contributed by atoms with E-state index in [1.54, 1.807) is 17.1 Å². The number of aryl methyl sites for hydroxylation is 1. The van der Waals surface area contributed by atoms with Crippen LogP contribution in [0.15, 0.2) is 29.4 Å². The van der Waals surface area contributed by atoms with Crippen molar-refractivity contribution in [2.75, 3.05) is 6.26 Å². The standard InChI is InChI=1S/C13H12Cl2N2O3S/c1-8-5-16-17(6-8)7-10-11(21(2,19)20)4-3-9(12(10)14)13(15)18/h3-6H,7H2,1-2H3. The first-order valence-corrected chi connectivity index (χ1v) is 8.55. The summed E-state index contributed by atoms with van der Waals surface area (Å²) in [6.07, 6.45) is 4.47. The lowest BCUT2D eigenvalue weighted by Crippen LogP contribution is -2.10. The van der Waals surface area contributed by atoms with Crippen LogP contribution in [0.2, 0.25) is 5.02 Å². The van der Waals surface area contributed by atoms with Gasteiger partial charge in [0.1, 0.15) is 0 Å². The lowest BCUT2D eigenvalue weighted by atomic mass is 10.1. The first-order valence-electron chi connectivity index (χ1n) is 5.90. The van der Waals surface area contributed by atoms with Crippen LogP contribution in [0.5, 0.6) is 0 Å². The van der Waals surface area contributed by atoms with Crippen LogP contribution in [0, 0.1) is 6.92 Å². The molecule has 1 aromatic carbocycles. The Labute approximate surface area is 132 Å². The molecule has 1 aromatic heterocycles. The summed E-state index contributed by atoms with van der Waals surface area (Å²) in [5.41, 5.74) is 1.30. The minimum Gasteiger partial charge on any atom is -0.276 e. The van der Waals surface area contributed by atoms with Gasteiger partial charge in [-0.25, -0.2) is 8.42 Å². The quantitative estimate of drug-likeness (QED) is 0.798. The smallest absolute Gasteiger partial charge is 0.253 e. The molecule has 0 fully saturated rings. The van der Waals surface area contributed by atoms with Crippen molar-refractivity contribution >= 4 is 38.3 Å². The maximum atomic E-state index is 11.9. The molecule has 8 heteroatoms. The Balaban J connectivity index is 2.64. The fourth-order valence-electron chi connectivity index (χ4n) is 1.97. The summed E-state index contributed by atoms with van der Waals surface area (Å²) in [7, 11) is -3.49. The molecule has 1 heterocycles. The van der Waals surface area contributed by atoms with Gasteiger partial charge in [-0.05, 0) is 36.2 Å². The lowest BCUT2D eigenvalue weighted by Gasteiger charge is -2.12. The second-order valence-electron chi connectivity index (χ2n) is 4.66. The summed E-state index contributed by atoms with van der Waals surface area (Å²) in [6.45, 7) is 1.99. The van der Waals surface area contributed by atoms with E-state index >= 15 is 0 Å². The van der Waals surface area contributed by atoms with Crippen molar-refractivity contribution in [3.8, 4) is 0 Å². The topological polar surface area (TPSA) is 69.0 Å². The molecule has 5 nitrogen and oxygen atoms in total. The third-order valence-corrected chi connectivity index (χ3v) is 4.71. The van der Waals surface area contributed by atoms with Crippen molar-refractivity contribution in [2.45, 2.75) is 18.4 Å². The number of halogens is 2. The normalized spacial score (nSPS) is 11.6. The molecule has 2 rings (SSSR count). The molecule has 0 N–H and O–H groups in total. The van der Waals surface area contributed by atoms with Gasteiger partial charge < -0.3 is 0 Å². The van der Waals surface area contributed by atoms with Crippen molar-refractivity contribution in [2.24, 2.45) is 0 Å². The molecule has 0 unspecified atom stereocenters. The Morgan fingerprint density at radius 1 is 1.38 bits per heavy atom. The maximum absolute atomic E-state index is 11.9. The average Bonchev–Trinajstić information content (AvgIpc) is 2.75. The summed E-state index contributed by atoms with van der Waals surface area (Å²) < 4.78 is 25.3. The largest absolute Gasteiger partial charge is 0.276 e. The minimum atomic E-state index is -3.49. The molecular formula is C13H12Cl2N2O3S. The third kappa shape index (κ3) is 3.45. The predicted octanol–water partition coefficient (Wildman–Crippen LogP) is 2.68. The molecule has 0 aliphatic carbocycles. The zero-order valence-corrected chi connectivity index (χ0v) is 13.6. The Kier molecular flexibility index (Phi) is 4.41. The number of aromatic nitrogens is 2. The van der Waals surface area contributed by atoms with E-state index in [1.807, 2.05) is 6.92 Å². The third-order valence-electron chi connectivity index (χ3n) is 2.89. The first-order chi connectivity index (χ1) is 9.70. The molecule has 0 saturated carbocycles. The van der Waals surface area contributed by atoms with Crippen molar-refractivity contribution < 1.29 is 13.2 Å². The number of benzene rings is 1. The maximum Gasteiger partial charge on any atom is 0.253 e. The number of sulfone groups is 1. The predicted molar refractivity (Wildman–Crippen MR) is 80.8 cm³/mol. The summed E-state index contributed by atoms with van der Waals surface area (Å²) in [5, 5.41) is 3.39. The molecule has 112 valence electrons. The van der Waals surface area contributed by atoms with Crippen LogP contribution in [0.3, 0.4) is 0 Å². The van der Waals surface area contributed by atoms with E-state index in [-0.39, 0.29) is 22.0 Å². The molecule has 0 aliphatic rings. The van der Waals surface area contributed by atoms with Crippen molar-refractivity contribution in [3.05, 3.63) is 46.2 Å². The number of hydrogen-bond donors (Lipinski definition) is 0. The number of nitrogens with zero attached hydrogens (tertiary/aromatic N) is 2. The first kappa shape index (κ1) is 16.0. The van der Waals surface area contributed by atoms with E-state index in [0.29, 0.717) is 5.56 Å². The van der Waals surface area contributed by atoms with E-state index < -0.39 is 15.1 Å². The number of carbonyl (C=O) groups excluding carboxylic acids is 1. The van der Waals surface area contributed by atoms with Gasteiger partial charge in [0.05, 0.1) is 28.2 Å². The van der Waals surface area contributed by atoms with E-state index in [4.69, 9.17) is 23.2 Å². The number of carbonyl (C=O) groups is 1. The van der Waals surface area contributed by atoms with Crippen LogP contribution in [0.1, 0.15) is 21.5 Å². The average molecular weight is 347 g/mol. The summed E-state index contributed by atoms with van der Waals surface area (Å²) in [4.78, 5) is 11.4. The summed E-state index contributed by atoms with van der Waals surface area (Å²) >= 11 is 11.6. The molecule has 21 heavy (non-hydrogen) atoms. The van der Waals surface area contributed by atoms with E-state index in [9.17, 15) is 13.2 Å². The highest BCUT2D eigenvalue weighted by molar-refractivity contribution is 7.90.